The molecule has 6 heterocycles. The molecule has 3 unspecified atom stereocenters. The van der Waals surface area contributed by atoms with Gasteiger partial charge in [-0.1, -0.05) is 18.1 Å². The van der Waals surface area contributed by atoms with Crippen molar-refractivity contribution in [2.45, 2.75) is 83.9 Å². The summed E-state index contributed by atoms with van der Waals surface area (Å²) in [6.07, 6.45) is 7.88. The van der Waals surface area contributed by atoms with Gasteiger partial charge in [-0.3, -0.25) is 27.7 Å². The van der Waals surface area contributed by atoms with Gasteiger partial charge in [0.1, 0.15) is 22.6 Å². The van der Waals surface area contributed by atoms with Crippen LogP contribution in [-0.4, -0.2) is 78.5 Å². The molecule has 1 saturated heterocycles. The summed E-state index contributed by atoms with van der Waals surface area (Å²) in [5.41, 5.74) is 14.8. The molecule has 3 aromatic heterocycles. The number of nitrogens with one attached hydrogen (secondary N) is 2. The highest BCUT2D eigenvalue weighted by Gasteiger charge is 2.37. The largest absolute Gasteiger partial charge is 0.438 e. The summed E-state index contributed by atoms with van der Waals surface area (Å²) in [7, 11) is 0.637. The van der Waals surface area contributed by atoms with Crippen molar-refractivity contribution in [3.8, 4) is 5.69 Å². The molecule has 2 fully saturated rings. The maximum absolute atomic E-state index is 14.3. The van der Waals surface area contributed by atoms with Crippen LogP contribution in [0.2, 0.25) is 0 Å². The second-order valence-electron chi connectivity index (χ2n) is 17.1. The van der Waals surface area contributed by atoms with Crippen molar-refractivity contribution in [2.24, 2.45) is 16.6 Å². The molecule has 3 aromatic carbocycles. The molecule has 0 spiro atoms. The highest BCUT2D eigenvalue weighted by Crippen LogP contribution is 2.45. The smallest absolute Gasteiger partial charge is 0.402 e. The second-order valence-corrected chi connectivity index (χ2v) is 18.6. The predicted molar refractivity (Wildman–Crippen MR) is 246 cm³/mol. The molecule has 6 aromatic rings. The molecule has 64 heavy (non-hydrogen) atoms. The first kappa shape index (κ1) is 44.3. The molecule has 1 amide bonds. The molecule has 4 N–H and O–H groups in total. The average molecular weight is 892 g/mol. The number of nitrogens with two attached hydrogens (primary N) is 1. The van der Waals surface area contributed by atoms with E-state index in [-0.39, 0.29) is 17.3 Å². The van der Waals surface area contributed by atoms with E-state index in [1.165, 1.54) is 31.3 Å². The van der Waals surface area contributed by atoms with Crippen LogP contribution in [0.25, 0.3) is 16.6 Å². The fraction of sp³-hybridized carbons (Fsp3) is 0.383. The van der Waals surface area contributed by atoms with Crippen molar-refractivity contribution in [3.05, 3.63) is 139 Å². The fourth-order valence-electron chi connectivity index (χ4n) is 8.74. The molecule has 3 aliphatic heterocycles. The van der Waals surface area contributed by atoms with Gasteiger partial charge < -0.3 is 20.4 Å². The Bertz CT molecular complexity index is 2890. The molecule has 336 valence electrons. The molecule has 4 atom stereocenters. The molecule has 4 aliphatic rings. The van der Waals surface area contributed by atoms with Crippen molar-refractivity contribution in [3.63, 3.8) is 0 Å². The number of hydrogen-bond acceptors (Lipinski definition) is 9. The number of ether oxygens (including phenoxy) is 1. The number of aryl methyl sites for hydroxylation is 3. The van der Waals surface area contributed by atoms with E-state index in [0.29, 0.717) is 76.1 Å². The lowest BCUT2D eigenvalue weighted by atomic mass is 9.91. The Morgan fingerprint density at radius 3 is 2.41 bits per heavy atom. The first-order valence-corrected chi connectivity index (χ1v) is 22.8. The van der Waals surface area contributed by atoms with Gasteiger partial charge in [-0.2, -0.15) is 0 Å². The third-order valence-corrected chi connectivity index (χ3v) is 14.0. The molecule has 1 saturated carbocycles. The average Bonchev–Trinajstić information content (AvgIpc) is 3.60. The van der Waals surface area contributed by atoms with E-state index in [1.807, 2.05) is 19.1 Å². The van der Waals surface area contributed by atoms with E-state index in [4.69, 9.17) is 15.5 Å². The van der Waals surface area contributed by atoms with Crippen LogP contribution in [0.5, 0.6) is 0 Å². The van der Waals surface area contributed by atoms with Crippen LogP contribution in [-0.2, 0) is 26.3 Å². The van der Waals surface area contributed by atoms with Gasteiger partial charge in [-0.15, -0.1) is 0 Å². The first-order chi connectivity index (χ1) is 30.7. The van der Waals surface area contributed by atoms with Gasteiger partial charge in [0, 0.05) is 74.0 Å². The van der Waals surface area contributed by atoms with E-state index in [2.05, 4.69) is 57.8 Å². The summed E-state index contributed by atoms with van der Waals surface area (Å²) < 4.78 is 40.9. The molecular formula is C47H54FN9O6S. The summed E-state index contributed by atoms with van der Waals surface area (Å²) in [6, 6.07) is 17.3. The Morgan fingerprint density at radius 1 is 1.00 bits per heavy atom. The summed E-state index contributed by atoms with van der Waals surface area (Å²) in [5.74, 6) is 2.38. The monoisotopic (exact) mass is 891 g/mol. The van der Waals surface area contributed by atoms with Crippen LogP contribution in [0.4, 0.5) is 15.8 Å². The number of aliphatic imine (C=N–C) groups is 1. The maximum Gasteiger partial charge on any atom is 0.438 e. The number of amides is 1. The number of imidazole rings is 1. The Morgan fingerprint density at radius 2 is 1.73 bits per heavy atom. The van der Waals surface area contributed by atoms with Crippen LogP contribution in [0.3, 0.4) is 0 Å². The number of fused-ring (bicyclic) bond motifs is 2. The van der Waals surface area contributed by atoms with Crippen LogP contribution in [0.1, 0.15) is 85.1 Å². The zero-order valence-corrected chi connectivity index (χ0v) is 37.7. The number of H-pyrrole nitrogens is 2. The molecule has 1 aliphatic carbocycles. The van der Waals surface area contributed by atoms with Crippen LogP contribution >= 0.6 is 0 Å². The molecular weight excluding hydrogens is 838 g/mol. The van der Waals surface area contributed by atoms with Gasteiger partial charge in [0.25, 0.3) is 0 Å². The number of nitrogens with zero attached hydrogens (tertiary/aromatic N) is 6. The Hall–Kier alpha value is -6.33. The van der Waals surface area contributed by atoms with Gasteiger partial charge >= 0.3 is 11.4 Å². The summed E-state index contributed by atoms with van der Waals surface area (Å²) in [4.78, 5) is 48.3. The number of hydrogen-bond donors (Lipinski definition) is 3. The number of halogens is 1. The fourth-order valence-corrected chi connectivity index (χ4v) is 9.83. The molecule has 17 heteroatoms. The zero-order valence-electron chi connectivity index (χ0n) is 36.9. The van der Waals surface area contributed by atoms with Gasteiger partial charge in [-0.25, -0.2) is 23.2 Å². The SMILES string of the molecule is CC1CC1c1noc(=O)[nH]1.Cc1cc(N=C(C2=C(N)CCN(C=O)[C@H]2C)n2ccn(-c3ccc4c(c3)CS(=O)N4C)c2=O)cc(C)c1F.Cc1cc2cc(C3CCOCC3)ccc2[nH]1. The molecule has 0 bridgehead atoms. The van der Waals surface area contributed by atoms with E-state index in [0.717, 1.165) is 50.1 Å². The zero-order chi connectivity index (χ0) is 45.4. The summed E-state index contributed by atoms with van der Waals surface area (Å²) in [6.45, 7) is 11.7. The van der Waals surface area contributed by atoms with Crippen LogP contribution < -0.4 is 21.5 Å². The van der Waals surface area contributed by atoms with Crippen molar-refractivity contribution in [1.29, 1.82) is 0 Å². The van der Waals surface area contributed by atoms with E-state index in [1.54, 1.807) is 60.7 Å². The minimum Gasteiger partial charge on any atom is -0.402 e. The highest BCUT2D eigenvalue weighted by molar-refractivity contribution is 7.86. The lowest BCUT2D eigenvalue weighted by Crippen LogP contribution is -2.44. The van der Waals surface area contributed by atoms with Gasteiger partial charge in [0.2, 0.25) is 6.41 Å². The number of rotatable bonds is 6. The Labute approximate surface area is 372 Å². The second kappa shape index (κ2) is 18.4. The maximum atomic E-state index is 14.3. The predicted octanol–water partition coefficient (Wildman–Crippen LogP) is 6.91. The van der Waals surface area contributed by atoms with Crippen molar-refractivity contribution >= 4 is 45.5 Å². The lowest BCUT2D eigenvalue weighted by molar-refractivity contribution is -0.119. The number of benzene rings is 3. The van der Waals surface area contributed by atoms with Gasteiger partial charge in [0.05, 0.1) is 28.9 Å². The highest BCUT2D eigenvalue weighted by atomic mass is 32.2. The number of anilines is 1. The topological polar surface area (TPSA) is 190 Å². The number of carbonyl (C=O) groups is 1. The Balaban J connectivity index is 0.000000173. The number of carbonyl (C=O) groups excluding carboxylic acids is 1. The standard InChI is InChI=1S/C27H29FN6O3S.C14H17NO.C6H8N2O2/c1-16-11-20(12-17(2)25(16)28)30-26(24-18(3)32(15-35)8-7-22(24)29)34-10-9-33(27(34)36)21-5-6-23-19(13-21)14-38(37)31(23)4;1-10-8-13-9-12(2-3-14(13)15-10)11-4-6-16-7-5-11;1-3-2-4(3)5-7-6(9)10-8-5/h5-6,9-13,15,18H,7-8,14,29H2,1-4H3;2-3,8-9,11,15H,4-7H2,1H3;3-4H,2H2,1H3,(H,7,8,9)/t18-,38?;;/m0../s1. The van der Waals surface area contributed by atoms with Crippen molar-refractivity contribution < 1.29 is 22.7 Å². The molecule has 15 nitrogen and oxygen atoms in total. The number of aromatic amines is 2. The van der Waals surface area contributed by atoms with E-state index in [9.17, 15) is 23.0 Å². The molecule has 10 rings (SSSR count). The molecule has 0 radical (unpaired) electrons. The minimum absolute atomic E-state index is 0.276. The van der Waals surface area contributed by atoms with Gasteiger partial charge in [-0.05, 0) is 135 Å². The number of aromatic nitrogens is 5. The lowest BCUT2D eigenvalue weighted by Gasteiger charge is -2.33. The quantitative estimate of drug-likeness (QED) is 0.0914. The summed E-state index contributed by atoms with van der Waals surface area (Å²) in [5, 5.41) is 4.92. The van der Waals surface area contributed by atoms with Crippen LogP contribution in [0.15, 0.2) is 97.4 Å². The first-order valence-electron chi connectivity index (χ1n) is 21.5. The third kappa shape index (κ3) is 9.17. The van der Waals surface area contributed by atoms with E-state index < -0.39 is 22.8 Å². The van der Waals surface area contributed by atoms with Crippen molar-refractivity contribution in [1.82, 2.24) is 29.2 Å². The van der Waals surface area contributed by atoms with Crippen LogP contribution in [0, 0.1) is 32.5 Å². The summed E-state index contributed by atoms with van der Waals surface area (Å²) >= 11 is 0. The van der Waals surface area contributed by atoms with E-state index >= 15 is 0 Å². The Kier molecular flexibility index (Phi) is 12.7. The normalized spacial score (nSPS) is 21.0. The van der Waals surface area contributed by atoms with Gasteiger partial charge in [0.15, 0.2) is 5.82 Å². The third-order valence-electron chi connectivity index (χ3n) is 12.6. The minimum atomic E-state index is -1.14. The van der Waals surface area contributed by atoms with Crippen molar-refractivity contribution in [2.75, 3.05) is 31.1 Å².